The van der Waals surface area contributed by atoms with Gasteiger partial charge in [0, 0.05) is 6.92 Å². The third kappa shape index (κ3) is 4.15. The molecule has 0 spiro atoms. The Morgan fingerprint density at radius 1 is 1.12 bits per heavy atom. The zero-order valence-electron chi connectivity index (χ0n) is 16.7. The van der Waals surface area contributed by atoms with Gasteiger partial charge in [-0.25, -0.2) is 0 Å². The fourth-order valence-corrected chi connectivity index (χ4v) is 7.24. The molecule has 0 bridgehead atoms. The van der Waals surface area contributed by atoms with Gasteiger partial charge in [-0.2, -0.15) is 4.57 Å². The number of rotatable bonds is 8. The van der Waals surface area contributed by atoms with Crippen molar-refractivity contribution in [1.29, 1.82) is 0 Å². The first-order valence-electron chi connectivity index (χ1n) is 9.19. The standard InChI is InChI=1S/C20H32NO2SSi/c1-8-25(9-2,10-3)23-19(17-12-11-13-18(14-17)22-7)20-21(6)15(4)16(5)24-20/h11-14,19H,8-10H2,1-7H3/q+1. The molecule has 0 N–H and O–H groups in total. The normalized spacial score (nSPS) is 13.1. The highest BCUT2D eigenvalue weighted by molar-refractivity contribution is 7.11. The molecule has 5 heteroatoms. The Morgan fingerprint density at radius 2 is 1.76 bits per heavy atom. The van der Waals surface area contributed by atoms with E-state index in [1.54, 1.807) is 7.11 Å². The van der Waals surface area contributed by atoms with Crippen LogP contribution in [0.3, 0.4) is 0 Å². The molecule has 0 aliphatic rings. The van der Waals surface area contributed by atoms with Gasteiger partial charge < -0.3 is 9.16 Å². The highest BCUT2D eigenvalue weighted by Crippen LogP contribution is 2.36. The summed E-state index contributed by atoms with van der Waals surface area (Å²) < 4.78 is 14.7. The molecule has 25 heavy (non-hydrogen) atoms. The molecular formula is C20H32NO2SSi+. The van der Waals surface area contributed by atoms with Crippen LogP contribution in [0.4, 0.5) is 0 Å². The smallest absolute Gasteiger partial charge is 0.270 e. The van der Waals surface area contributed by atoms with Gasteiger partial charge in [-0.1, -0.05) is 44.2 Å². The lowest BCUT2D eigenvalue weighted by Crippen LogP contribution is -2.42. The predicted molar refractivity (Wildman–Crippen MR) is 108 cm³/mol. The molecule has 0 saturated heterocycles. The molecule has 0 aliphatic carbocycles. The van der Waals surface area contributed by atoms with Crippen LogP contribution >= 0.6 is 11.3 Å². The number of hydrogen-bond donors (Lipinski definition) is 0. The third-order valence-electron chi connectivity index (χ3n) is 5.52. The van der Waals surface area contributed by atoms with E-state index in [0.717, 1.165) is 23.9 Å². The molecule has 1 atom stereocenters. The van der Waals surface area contributed by atoms with E-state index in [9.17, 15) is 0 Å². The number of nitrogens with zero attached hydrogens (tertiary/aromatic N) is 1. The van der Waals surface area contributed by atoms with Crippen molar-refractivity contribution in [2.45, 2.75) is 58.9 Å². The van der Waals surface area contributed by atoms with E-state index in [4.69, 9.17) is 9.16 Å². The summed E-state index contributed by atoms with van der Waals surface area (Å²) >= 11 is 1.85. The Labute approximate surface area is 157 Å². The molecule has 0 radical (unpaired) electrons. The van der Waals surface area contributed by atoms with Crippen LogP contribution in [0.2, 0.25) is 18.1 Å². The monoisotopic (exact) mass is 378 g/mol. The Balaban J connectivity index is 2.56. The van der Waals surface area contributed by atoms with Crippen molar-refractivity contribution in [3.05, 3.63) is 45.4 Å². The van der Waals surface area contributed by atoms with Crippen molar-refractivity contribution in [3.63, 3.8) is 0 Å². The first-order valence-corrected chi connectivity index (χ1v) is 12.5. The van der Waals surface area contributed by atoms with Gasteiger partial charge >= 0.3 is 0 Å². The zero-order chi connectivity index (χ0) is 18.6. The third-order valence-corrected chi connectivity index (χ3v) is 11.4. The van der Waals surface area contributed by atoms with Crippen LogP contribution in [0.5, 0.6) is 5.75 Å². The summed E-state index contributed by atoms with van der Waals surface area (Å²) in [4.78, 5) is 1.35. The van der Waals surface area contributed by atoms with Gasteiger partial charge in [-0.05, 0) is 42.8 Å². The van der Waals surface area contributed by atoms with E-state index in [0.29, 0.717) is 0 Å². The highest BCUT2D eigenvalue weighted by Gasteiger charge is 2.38. The molecular weight excluding hydrogens is 346 g/mol. The van der Waals surface area contributed by atoms with Crippen molar-refractivity contribution in [2.24, 2.45) is 7.05 Å². The maximum atomic E-state index is 6.98. The average Bonchev–Trinajstić information content (AvgIpc) is 2.91. The summed E-state index contributed by atoms with van der Waals surface area (Å²) in [5.41, 5.74) is 2.50. The van der Waals surface area contributed by atoms with E-state index < -0.39 is 8.32 Å². The summed E-state index contributed by atoms with van der Waals surface area (Å²) in [6.45, 7) is 11.2. The molecule has 1 aromatic heterocycles. The van der Waals surface area contributed by atoms with Crippen LogP contribution in [-0.2, 0) is 11.5 Å². The fourth-order valence-electron chi connectivity index (χ4n) is 3.25. The molecule has 3 nitrogen and oxygen atoms in total. The quantitative estimate of drug-likeness (QED) is 0.459. The first-order chi connectivity index (χ1) is 11.9. The Hall–Kier alpha value is -1.17. The van der Waals surface area contributed by atoms with Gasteiger partial charge in [0.2, 0.25) is 0 Å². The molecule has 2 rings (SSSR count). The van der Waals surface area contributed by atoms with Crippen LogP contribution in [-0.4, -0.2) is 15.4 Å². The second-order valence-electron chi connectivity index (χ2n) is 6.66. The van der Waals surface area contributed by atoms with Crippen molar-refractivity contribution in [1.82, 2.24) is 0 Å². The molecule has 0 saturated carbocycles. The molecule has 2 aromatic rings. The number of benzene rings is 1. The second-order valence-corrected chi connectivity index (χ2v) is 12.6. The Kier molecular flexibility index (Phi) is 6.83. The largest absolute Gasteiger partial charge is 0.497 e. The van der Waals surface area contributed by atoms with Crippen molar-refractivity contribution >= 4 is 19.7 Å². The topological polar surface area (TPSA) is 22.3 Å². The maximum absolute atomic E-state index is 6.98. The van der Waals surface area contributed by atoms with Gasteiger partial charge in [-0.3, -0.25) is 0 Å². The molecule has 0 aliphatic heterocycles. The zero-order valence-corrected chi connectivity index (χ0v) is 18.5. The van der Waals surface area contributed by atoms with Crippen molar-refractivity contribution in [3.8, 4) is 5.75 Å². The first kappa shape index (κ1) is 20.1. The Bertz CT molecular complexity index is 701. The van der Waals surface area contributed by atoms with Gasteiger partial charge in [-0.15, -0.1) is 0 Å². The average molecular weight is 379 g/mol. The number of methoxy groups -OCH3 is 1. The van der Waals surface area contributed by atoms with E-state index in [2.05, 4.69) is 64.4 Å². The van der Waals surface area contributed by atoms with E-state index >= 15 is 0 Å². The predicted octanol–water partition coefficient (Wildman–Crippen LogP) is 5.31. The maximum Gasteiger partial charge on any atom is 0.270 e. The Morgan fingerprint density at radius 3 is 2.24 bits per heavy atom. The van der Waals surface area contributed by atoms with Crippen LogP contribution in [0.25, 0.3) is 0 Å². The van der Waals surface area contributed by atoms with E-state index in [1.807, 2.05) is 17.4 Å². The van der Waals surface area contributed by atoms with Gasteiger partial charge in [0.05, 0.1) is 12.0 Å². The van der Waals surface area contributed by atoms with Crippen molar-refractivity contribution in [2.75, 3.05) is 7.11 Å². The highest BCUT2D eigenvalue weighted by atomic mass is 32.1. The van der Waals surface area contributed by atoms with Crippen LogP contribution in [0.15, 0.2) is 24.3 Å². The van der Waals surface area contributed by atoms with Gasteiger partial charge in [0.1, 0.15) is 12.8 Å². The summed E-state index contributed by atoms with van der Waals surface area (Å²) in [7, 11) is 2.12. The summed E-state index contributed by atoms with van der Waals surface area (Å²) in [6.07, 6.45) is -0.0241. The number of ether oxygens (including phenoxy) is 1. The summed E-state index contributed by atoms with van der Waals surface area (Å²) in [6, 6.07) is 11.8. The molecule has 1 unspecified atom stereocenters. The number of aromatic nitrogens is 1. The molecule has 138 valence electrons. The van der Waals surface area contributed by atoms with E-state index in [-0.39, 0.29) is 6.10 Å². The molecule has 1 aromatic carbocycles. The lowest BCUT2D eigenvalue weighted by Gasteiger charge is -2.32. The summed E-state index contributed by atoms with van der Waals surface area (Å²) in [5, 5.41) is 1.27. The lowest BCUT2D eigenvalue weighted by molar-refractivity contribution is -0.682. The van der Waals surface area contributed by atoms with Crippen LogP contribution in [0, 0.1) is 13.8 Å². The van der Waals surface area contributed by atoms with E-state index in [1.165, 1.54) is 21.1 Å². The van der Waals surface area contributed by atoms with Crippen molar-refractivity contribution < 1.29 is 13.7 Å². The molecule has 1 heterocycles. The lowest BCUT2D eigenvalue weighted by atomic mass is 10.1. The van der Waals surface area contributed by atoms with Gasteiger partial charge in [0.15, 0.2) is 20.1 Å². The fraction of sp³-hybridized carbons (Fsp3) is 0.550. The minimum atomic E-state index is -1.75. The number of thiazole rings is 1. The summed E-state index contributed by atoms with van der Waals surface area (Å²) in [5.74, 6) is 0.885. The number of hydrogen-bond acceptors (Lipinski definition) is 3. The van der Waals surface area contributed by atoms with Gasteiger partial charge in [0.25, 0.3) is 5.01 Å². The minimum Gasteiger partial charge on any atom is -0.497 e. The molecule has 0 amide bonds. The minimum absolute atomic E-state index is 0.0241. The van der Waals surface area contributed by atoms with Crippen LogP contribution in [0.1, 0.15) is 48.0 Å². The van der Waals surface area contributed by atoms with Crippen LogP contribution < -0.4 is 9.30 Å². The SMILES string of the molecule is CC[Si](CC)(CC)OC(c1cccc(OC)c1)c1sc(C)c(C)[n+]1C. The number of aryl methyl sites for hydroxylation is 1. The molecule has 0 fully saturated rings. The second kappa shape index (κ2) is 8.47.